The molecule has 1 aromatic heterocycles. The Bertz CT molecular complexity index is 945. The number of hydrogen-bond acceptors (Lipinski definition) is 6. The fourth-order valence-corrected chi connectivity index (χ4v) is 2.91. The van der Waals surface area contributed by atoms with Gasteiger partial charge in [0.25, 0.3) is 0 Å². The minimum atomic E-state index is 0.518. The zero-order valence-corrected chi connectivity index (χ0v) is 16.1. The molecular formula is C22H24N4O2. The number of anilines is 3. The third-order valence-electron chi connectivity index (χ3n) is 4.29. The van der Waals surface area contributed by atoms with Crippen molar-refractivity contribution in [2.45, 2.75) is 13.8 Å². The standard InChI is InChI=1S/C22H24N4O2/c1-15(2)14-23-21-13-18(16-6-4-3-5-7-16)25-22(26-21)24-17-8-9-19-20(12-17)28-11-10-27-19/h3-9,12-13,15H,10-11,14H2,1-2H3,(H2,23,24,25,26). The highest BCUT2D eigenvalue weighted by atomic mass is 16.6. The molecule has 0 aliphatic carbocycles. The van der Waals surface area contributed by atoms with Crippen LogP contribution in [0.15, 0.2) is 54.6 Å². The average Bonchev–Trinajstić information content (AvgIpc) is 2.73. The number of aromatic nitrogens is 2. The molecule has 2 heterocycles. The second kappa shape index (κ2) is 8.17. The Balaban J connectivity index is 1.64. The molecule has 0 atom stereocenters. The normalized spacial score (nSPS) is 12.7. The van der Waals surface area contributed by atoms with Gasteiger partial charge in [0.15, 0.2) is 11.5 Å². The SMILES string of the molecule is CC(C)CNc1cc(-c2ccccc2)nc(Nc2ccc3c(c2)OCCO3)n1. The molecule has 28 heavy (non-hydrogen) atoms. The summed E-state index contributed by atoms with van der Waals surface area (Å²) in [5, 5.41) is 6.69. The lowest BCUT2D eigenvalue weighted by Crippen LogP contribution is -2.15. The fourth-order valence-electron chi connectivity index (χ4n) is 2.91. The van der Waals surface area contributed by atoms with Gasteiger partial charge >= 0.3 is 0 Å². The van der Waals surface area contributed by atoms with E-state index >= 15 is 0 Å². The molecule has 1 aliphatic rings. The molecule has 3 aromatic rings. The first-order chi connectivity index (χ1) is 13.7. The van der Waals surface area contributed by atoms with Gasteiger partial charge in [-0.25, -0.2) is 4.98 Å². The summed E-state index contributed by atoms with van der Waals surface area (Å²) in [5.41, 5.74) is 2.76. The molecule has 0 amide bonds. The van der Waals surface area contributed by atoms with Crippen molar-refractivity contribution in [1.29, 1.82) is 0 Å². The maximum Gasteiger partial charge on any atom is 0.229 e. The largest absolute Gasteiger partial charge is 0.486 e. The van der Waals surface area contributed by atoms with Crippen LogP contribution in [0.3, 0.4) is 0 Å². The average molecular weight is 376 g/mol. The monoisotopic (exact) mass is 376 g/mol. The Labute approximate surface area is 164 Å². The lowest BCUT2D eigenvalue weighted by molar-refractivity contribution is 0.171. The minimum Gasteiger partial charge on any atom is -0.486 e. The number of nitrogens with one attached hydrogen (secondary N) is 2. The third-order valence-corrected chi connectivity index (χ3v) is 4.29. The van der Waals surface area contributed by atoms with Gasteiger partial charge in [-0.1, -0.05) is 44.2 Å². The van der Waals surface area contributed by atoms with Crippen molar-refractivity contribution in [1.82, 2.24) is 9.97 Å². The molecule has 0 saturated heterocycles. The molecule has 0 spiro atoms. The summed E-state index contributed by atoms with van der Waals surface area (Å²) in [6.45, 7) is 6.31. The van der Waals surface area contributed by atoms with E-state index in [2.05, 4.69) is 29.5 Å². The molecule has 0 saturated carbocycles. The van der Waals surface area contributed by atoms with Gasteiger partial charge in [0, 0.05) is 29.9 Å². The Hall–Kier alpha value is -3.28. The van der Waals surface area contributed by atoms with Crippen molar-refractivity contribution >= 4 is 17.5 Å². The van der Waals surface area contributed by atoms with Crippen LogP contribution < -0.4 is 20.1 Å². The van der Waals surface area contributed by atoms with Crippen LogP contribution in [0.1, 0.15) is 13.8 Å². The van der Waals surface area contributed by atoms with Crippen LogP contribution in [0.2, 0.25) is 0 Å². The van der Waals surface area contributed by atoms with Gasteiger partial charge in [0.05, 0.1) is 5.69 Å². The van der Waals surface area contributed by atoms with E-state index in [4.69, 9.17) is 14.5 Å². The van der Waals surface area contributed by atoms with Crippen LogP contribution in [0, 0.1) is 5.92 Å². The van der Waals surface area contributed by atoms with E-state index in [1.807, 2.05) is 54.6 Å². The minimum absolute atomic E-state index is 0.518. The Morgan fingerprint density at radius 1 is 0.929 bits per heavy atom. The Morgan fingerprint density at radius 3 is 2.50 bits per heavy atom. The number of benzene rings is 2. The zero-order valence-electron chi connectivity index (χ0n) is 16.1. The summed E-state index contributed by atoms with van der Waals surface area (Å²) in [6.07, 6.45) is 0. The summed E-state index contributed by atoms with van der Waals surface area (Å²) in [5.74, 6) is 3.33. The predicted molar refractivity (Wildman–Crippen MR) is 112 cm³/mol. The third kappa shape index (κ3) is 4.34. The van der Waals surface area contributed by atoms with Crippen molar-refractivity contribution in [3.63, 3.8) is 0 Å². The smallest absolute Gasteiger partial charge is 0.229 e. The first-order valence-electron chi connectivity index (χ1n) is 9.52. The van der Waals surface area contributed by atoms with Crippen LogP contribution in [-0.4, -0.2) is 29.7 Å². The fraction of sp³-hybridized carbons (Fsp3) is 0.273. The van der Waals surface area contributed by atoms with Crippen LogP contribution in [0.25, 0.3) is 11.3 Å². The van der Waals surface area contributed by atoms with Gasteiger partial charge in [0.1, 0.15) is 19.0 Å². The van der Waals surface area contributed by atoms with E-state index in [9.17, 15) is 0 Å². The van der Waals surface area contributed by atoms with Crippen LogP contribution in [-0.2, 0) is 0 Å². The van der Waals surface area contributed by atoms with Gasteiger partial charge < -0.3 is 20.1 Å². The molecule has 2 N–H and O–H groups in total. The predicted octanol–water partition coefficient (Wildman–Crippen LogP) is 4.73. The van der Waals surface area contributed by atoms with Crippen molar-refractivity contribution in [3.05, 3.63) is 54.6 Å². The number of nitrogens with zero attached hydrogens (tertiary/aromatic N) is 2. The molecule has 1 aliphatic heterocycles. The van der Waals surface area contributed by atoms with E-state index in [1.165, 1.54) is 0 Å². The van der Waals surface area contributed by atoms with Crippen molar-refractivity contribution in [3.8, 4) is 22.8 Å². The van der Waals surface area contributed by atoms with Gasteiger partial charge in [-0.05, 0) is 18.1 Å². The summed E-state index contributed by atoms with van der Waals surface area (Å²) >= 11 is 0. The number of fused-ring (bicyclic) bond motifs is 1. The van der Waals surface area contributed by atoms with Gasteiger partial charge in [0.2, 0.25) is 5.95 Å². The first kappa shape index (κ1) is 18.1. The highest BCUT2D eigenvalue weighted by molar-refractivity contribution is 5.67. The van der Waals surface area contributed by atoms with E-state index in [1.54, 1.807) is 0 Å². The summed E-state index contributed by atoms with van der Waals surface area (Å²) < 4.78 is 11.3. The van der Waals surface area contributed by atoms with E-state index < -0.39 is 0 Å². The number of ether oxygens (including phenoxy) is 2. The molecule has 0 bridgehead atoms. The highest BCUT2D eigenvalue weighted by Gasteiger charge is 2.13. The quantitative estimate of drug-likeness (QED) is 0.648. The lowest BCUT2D eigenvalue weighted by atomic mass is 10.1. The summed E-state index contributed by atoms with van der Waals surface area (Å²) in [4.78, 5) is 9.34. The molecule has 6 heteroatoms. The van der Waals surface area contributed by atoms with Crippen molar-refractivity contribution in [2.24, 2.45) is 5.92 Å². The van der Waals surface area contributed by atoms with Crippen molar-refractivity contribution in [2.75, 3.05) is 30.4 Å². The Kier molecular flexibility index (Phi) is 5.28. The molecule has 6 nitrogen and oxygen atoms in total. The molecular weight excluding hydrogens is 352 g/mol. The van der Waals surface area contributed by atoms with E-state index in [0.29, 0.717) is 25.1 Å². The summed E-state index contributed by atoms with van der Waals surface area (Å²) in [6, 6.07) is 17.8. The van der Waals surface area contributed by atoms with E-state index in [-0.39, 0.29) is 0 Å². The number of hydrogen-bond donors (Lipinski definition) is 2. The van der Waals surface area contributed by atoms with Crippen molar-refractivity contribution < 1.29 is 9.47 Å². The maximum atomic E-state index is 5.67. The molecule has 0 fully saturated rings. The molecule has 4 rings (SSSR count). The summed E-state index contributed by atoms with van der Waals surface area (Å²) in [7, 11) is 0. The molecule has 0 unspecified atom stereocenters. The zero-order chi connectivity index (χ0) is 19.3. The molecule has 144 valence electrons. The number of rotatable bonds is 6. The van der Waals surface area contributed by atoms with Gasteiger partial charge in [-0.2, -0.15) is 4.98 Å². The van der Waals surface area contributed by atoms with Gasteiger partial charge in [-0.15, -0.1) is 0 Å². The highest BCUT2D eigenvalue weighted by Crippen LogP contribution is 2.33. The second-order valence-electron chi connectivity index (χ2n) is 7.09. The second-order valence-corrected chi connectivity index (χ2v) is 7.09. The molecule has 0 radical (unpaired) electrons. The van der Waals surface area contributed by atoms with Crippen LogP contribution in [0.5, 0.6) is 11.5 Å². The first-order valence-corrected chi connectivity index (χ1v) is 9.52. The van der Waals surface area contributed by atoms with Crippen LogP contribution >= 0.6 is 0 Å². The maximum absolute atomic E-state index is 5.67. The lowest BCUT2D eigenvalue weighted by Gasteiger charge is -2.19. The van der Waals surface area contributed by atoms with E-state index in [0.717, 1.165) is 40.8 Å². The van der Waals surface area contributed by atoms with Gasteiger partial charge in [-0.3, -0.25) is 0 Å². The Morgan fingerprint density at radius 2 is 1.71 bits per heavy atom. The molecule has 2 aromatic carbocycles. The topological polar surface area (TPSA) is 68.3 Å². The van der Waals surface area contributed by atoms with Crippen LogP contribution in [0.4, 0.5) is 17.5 Å².